The third-order valence-electron chi connectivity index (χ3n) is 3.40. The Bertz CT molecular complexity index is 530. The monoisotopic (exact) mass is 322 g/mol. The first-order valence-corrected chi connectivity index (χ1v) is 6.78. The van der Waals surface area contributed by atoms with Gasteiger partial charge in [-0.15, -0.1) is 0 Å². The molecule has 1 saturated heterocycles. The number of alkyl halides is 3. The second-order valence-electron chi connectivity index (χ2n) is 4.98. The zero-order chi connectivity index (χ0) is 15.6. The minimum atomic E-state index is -4.56. The van der Waals surface area contributed by atoms with Crippen LogP contribution in [-0.4, -0.2) is 29.0 Å². The predicted molar refractivity (Wildman–Crippen MR) is 70.8 cm³/mol. The van der Waals surface area contributed by atoms with E-state index in [1.54, 1.807) is 4.90 Å². The van der Waals surface area contributed by atoms with Gasteiger partial charge in [-0.2, -0.15) is 13.2 Å². The average molecular weight is 323 g/mol. The second kappa shape index (κ2) is 6.05. The smallest absolute Gasteiger partial charge is 0.370 e. The van der Waals surface area contributed by atoms with E-state index in [2.05, 4.69) is 9.97 Å². The van der Waals surface area contributed by atoms with E-state index in [-0.39, 0.29) is 17.6 Å². The van der Waals surface area contributed by atoms with Crippen molar-refractivity contribution in [3.8, 4) is 0 Å². The lowest BCUT2D eigenvalue weighted by atomic mass is 9.93. The molecule has 1 fully saturated rings. The van der Waals surface area contributed by atoms with Crippen LogP contribution in [-0.2, 0) is 11.0 Å². The molecule has 9 heteroatoms. The van der Waals surface area contributed by atoms with E-state index in [9.17, 15) is 18.0 Å². The predicted octanol–water partition coefficient (Wildman–Crippen LogP) is 2.24. The van der Waals surface area contributed by atoms with Crippen LogP contribution in [0.25, 0.3) is 0 Å². The van der Waals surface area contributed by atoms with E-state index in [4.69, 9.17) is 17.3 Å². The Kier molecular flexibility index (Phi) is 4.55. The van der Waals surface area contributed by atoms with Gasteiger partial charge in [0.05, 0.1) is 0 Å². The van der Waals surface area contributed by atoms with Crippen molar-refractivity contribution >= 4 is 23.3 Å². The van der Waals surface area contributed by atoms with Crippen LogP contribution in [0.3, 0.4) is 0 Å². The molecule has 21 heavy (non-hydrogen) atoms. The Hall–Kier alpha value is -1.57. The van der Waals surface area contributed by atoms with Crippen LogP contribution >= 0.6 is 11.6 Å². The largest absolute Gasteiger partial charge is 0.433 e. The second-order valence-corrected chi connectivity index (χ2v) is 5.32. The Morgan fingerprint density at radius 3 is 2.52 bits per heavy atom. The summed E-state index contributed by atoms with van der Waals surface area (Å²) < 4.78 is 38.1. The molecule has 116 valence electrons. The van der Waals surface area contributed by atoms with Crippen LogP contribution < -0.4 is 10.6 Å². The first-order chi connectivity index (χ1) is 9.75. The van der Waals surface area contributed by atoms with Gasteiger partial charge in [-0.1, -0.05) is 0 Å². The molecule has 5 nitrogen and oxygen atoms in total. The number of carbonyl (C=O) groups is 1. The number of halogens is 4. The first kappa shape index (κ1) is 15.8. The zero-order valence-electron chi connectivity index (χ0n) is 11.0. The van der Waals surface area contributed by atoms with Gasteiger partial charge in [0, 0.05) is 25.6 Å². The molecule has 0 radical (unpaired) electrons. The molecule has 1 amide bonds. The molecule has 0 saturated carbocycles. The van der Waals surface area contributed by atoms with Crippen molar-refractivity contribution in [1.82, 2.24) is 9.97 Å². The summed E-state index contributed by atoms with van der Waals surface area (Å²) in [5.41, 5.74) is 4.08. The van der Waals surface area contributed by atoms with Crippen molar-refractivity contribution in [3.05, 3.63) is 17.0 Å². The summed E-state index contributed by atoms with van der Waals surface area (Å²) in [6, 6.07) is 0.889. The van der Waals surface area contributed by atoms with Gasteiger partial charge < -0.3 is 10.6 Å². The fourth-order valence-corrected chi connectivity index (χ4v) is 2.54. The number of rotatable bonds is 3. The van der Waals surface area contributed by atoms with E-state index < -0.39 is 17.2 Å². The number of hydrogen-bond acceptors (Lipinski definition) is 4. The van der Waals surface area contributed by atoms with Crippen molar-refractivity contribution in [2.24, 2.45) is 11.7 Å². The number of nitrogens with two attached hydrogens (primary N) is 1. The van der Waals surface area contributed by atoms with Crippen LogP contribution in [0.2, 0.25) is 5.28 Å². The number of primary amides is 1. The van der Waals surface area contributed by atoms with E-state index in [0.29, 0.717) is 32.4 Å². The highest BCUT2D eigenvalue weighted by atomic mass is 35.5. The summed E-state index contributed by atoms with van der Waals surface area (Å²) in [6.07, 6.45) is -2.92. The Balaban J connectivity index is 2.10. The molecule has 0 atom stereocenters. The quantitative estimate of drug-likeness (QED) is 0.866. The molecule has 0 aliphatic carbocycles. The normalized spacial score (nSPS) is 17.0. The lowest BCUT2D eigenvalue weighted by Crippen LogP contribution is -2.35. The lowest BCUT2D eigenvalue weighted by molar-refractivity contribution is -0.141. The molecule has 1 aromatic heterocycles. The van der Waals surface area contributed by atoms with E-state index in [0.717, 1.165) is 6.07 Å². The molecular weight excluding hydrogens is 309 g/mol. The van der Waals surface area contributed by atoms with Crippen molar-refractivity contribution < 1.29 is 18.0 Å². The minimum absolute atomic E-state index is 0.153. The highest BCUT2D eigenvalue weighted by Crippen LogP contribution is 2.32. The number of hydrogen-bond donors (Lipinski definition) is 1. The van der Waals surface area contributed by atoms with Gasteiger partial charge in [0.2, 0.25) is 11.2 Å². The van der Waals surface area contributed by atoms with Crippen LogP contribution in [0.5, 0.6) is 0 Å². The fourth-order valence-electron chi connectivity index (χ4n) is 2.36. The molecule has 0 bridgehead atoms. The summed E-state index contributed by atoms with van der Waals surface area (Å²) in [5.74, 6) is -0.0455. The molecule has 0 unspecified atom stereocenters. The summed E-state index contributed by atoms with van der Waals surface area (Å²) in [5, 5.41) is -0.431. The summed E-state index contributed by atoms with van der Waals surface area (Å²) in [6.45, 7) is 1.01. The summed E-state index contributed by atoms with van der Waals surface area (Å²) in [4.78, 5) is 19.6. The maximum Gasteiger partial charge on any atom is 0.433 e. The van der Waals surface area contributed by atoms with Crippen LogP contribution in [0.15, 0.2) is 6.07 Å². The van der Waals surface area contributed by atoms with Crippen molar-refractivity contribution in [3.63, 3.8) is 0 Å². The van der Waals surface area contributed by atoms with Gasteiger partial charge in [-0.05, 0) is 30.4 Å². The zero-order valence-corrected chi connectivity index (χ0v) is 11.8. The molecule has 1 aliphatic rings. The average Bonchev–Trinajstić information content (AvgIpc) is 2.37. The first-order valence-electron chi connectivity index (χ1n) is 6.40. The van der Waals surface area contributed by atoms with Gasteiger partial charge in [0.1, 0.15) is 5.82 Å². The molecule has 2 N–H and O–H groups in total. The number of nitrogens with zero attached hydrogens (tertiary/aromatic N) is 3. The molecule has 2 rings (SSSR count). The van der Waals surface area contributed by atoms with Crippen molar-refractivity contribution in [1.29, 1.82) is 0 Å². The van der Waals surface area contributed by atoms with Gasteiger partial charge in [-0.25, -0.2) is 9.97 Å². The number of piperidine rings is 1. The van der Waals surface area contributed by atoms with Crippen molar-refractivity contribution in [2.45, 2.75) is 25.4 Å². The summed E-state index contributed by atoms with van der Waals surface area (Å²) in [7, 11) is 0. The van der Waals surface area contributed by atoms with Gasteiger partial charge in [0.15, 0.2) is 5.69 Å². The highest BCUT2D eigenvalue weighted by Gasteiger charge is 2.34. The molecular formula is C12H14ClF3N4O. The van der Waals surface area contributed by atoms with Crippen LogP contribution in [0.4, 0.5) is 19.0 Å². The van der Waals surface area contributed by atoms with Crippen LogP contribution in [0, 0.1) is 5.92 Å². The highest BCUT2D eigenvalue weighted by molar-refractivity contribution is 6.28. The Morgan fingerprint density at radius 2 is 2.00 bits per heavy atom. The molecule has 1 aliphatic heterocycles. The van der Waals surface area contributed by atoms with E-state index in [1.807, 2.05) is 0 Å². The standard InChI is InChI=1S/C12H14ClF3N4O/c13-11-18-8(12(14,15)16)6-10(19-11)20-3-1-7(2-4-20)5-9(17)21/h6-7H,1-5H2,(H2,17,21). The van der Waals surface area contributed by atoms with E-state index in [1.165, 1.54) is 0 Å². The number of aromatic nitrogens is 2. The maximum atomic E-state index is 12.7. The number of amides is 1. The number of anilines is 1. The molecule has 0 spiro atoms. The molecule has 1 aromatic rings. The fraction of sp³-hybridized carbons (Fsp3) is 0.583. The van der Waals surface area contributed by atoms with E-state index >= 15 is 0 Å². The minimum Gasteiger partial charge on any atom is -0.370 e. The summed E-state index contributed by atoms with van der Waals surface area (Å²) >= 11 is 5.56. The van der Waals surface area contributed by atoms with Crippen LogP contribution in [0.1, 0.15) is 25.0 Å². The SMILES string of the molecule is NC(=O)CC1CCN(c2cc(C(F)(F)F)nc(Cl)n2)CC1. The third-order valence-corrected chi connectivity index (χ3v) is 3.57. The maximum absolute atomic E-state index is 12.7. The lowest BCUT2D eigenvalue weighted by Gasteiger charge is -2.32. The number of carbonyl (C=O) groups excluding carboxylic acids is 1. The molecule has 0 aromatic carbocycles. The van der Waals surface area contributed by atoms with Crippen molar-refractivity contribution in [2.75, 3.05) is 18.0 Å². The van der Waals surface area contributed by atoms with Gasteiger partial charge in [0.25, 0.3) is 0 Å². The Morgan fingerprint density at radius 1 is 1.38 bits per heavy atom. The molecule has 2 heterocycles. The van der Waals surface area contributed by atoms with Gasteiger partial charge >= 0.3 is 6.18 Å². The topological polar surface area (TPSA) is 72.1 Å². The van der Waals surface area contributed by atoms with Gasteiger partial charge in [-0.3, -0.25) is 4.79 Å². The third kappa shape index (κ3) is 4.20. The Labute approximate surface area is 124 Å².